The number of hydrogen-bond donors (Lipinski definition) is 2. The van der Waals surface area contributed by atoms with Gasteiger partial charge in [-0.25, -0.2) is 4.68 Å². The van der Waals surface area contributed by atoms with Gasteiger partial charge in [-0.1, -0.05) is 0 Å². The molecule has 0 fully saturated rings. The van der Waals surface area contributed by atoms with Crippen LogP contribution in [-0.2, 0) is 4.79 Å². The van der Waals surface area contributed by atoms with Crippen LogP contribution in [0.15, 0.2) is 12.4 Å². The Labute approximate surface area is 88.9 Å². The van der Waals surface area contributed by atoms with E-state index >= 15 is 0 Å². The number of nitrogens with zero attached hydrogens (tertiary/aromatic N) is 2. The van der Waals surface area contributed by atoms with Crippen LogP contribution in [-0.4, -0.2) is 33.3 Å². The first-order valence-electron chi connectivity index (χ1n) is 4.33. The number of aromatic nitrogens is 2. The van der Waals surface area contributed by atoms with Crippen molar-refractivity contribution in [2.45, 2.75) is 13.0 Å². The maximum absolute atomic E-state index is 12.1. The minimum Gasteiger partial charge on any atom is -0.481 e. The van der Waals surface area contributed by atoms with E-state index in [1.807, 2.05) is 0 Å². The molecule has 0 saturated heterocycles. The Balaban J connectivity index is 2.49. The van der Waals surface area contributed by atoms with E-state index in [9.17, 15) is 18.4 Å². The van der Waals surface area contributed by atoms with Crippen LogP contribution in [0.5, 0.6) is 0 Å². The van der Waals surface area contributed by atoms with Gasteiger partial charge in [0.05, 0.1) is 18.2 Å². The highest BCUT2D eigenvalue weighted by atomic mass is 19.3. The van der Waals surface area contributed by atoms with E-state index < -0.39 is 18.4 Å². The number of nitrogens with one attached hydrogen (secondary N) is 1. The molecule has 0 radical (unpaired) electrons. The summed E-state index contributed by atoms with van der Waals surface area (Å²) in [5.74, 6) is -1.68. The van der Waals surface area contributed by atoms with Crippen molar-refractivity contribution >= 4 is 11.9 Å². The van der Waals surface area contributed by atoms with Gasteiger partial charge in [-0.05, 0) is 0 Å². The summed E-state index contributed by atoms with van der Waals surface area (Å²) in [5.41, 5.74) is -0.0364. The minimum atomic E-state index is -2.81. The standard InChI is InChI=1S/C8H9F2N3O3/c9-8(10)13-4-5(3-12-13)7(16)11-2-1-6(14)15/h3-4,8H,1-2H2,(H,11,16)(H,14,15). The molecule has 0 bridgehead atoms. The van der Waals surface area contributed by atoms with Gasteiger partial charge in [-0.3, -0.25) is 9.59 Å². The van der Waals surface area contributed by atoms with Crippen LogP contribution >= 0.6 is 0 Å². The monoisotopic (exact) mass is 233 g/mol. The van der Waals surface area contributed by atoms with Gasteiger partial charge >= 0.3 is 12.5 Å². The van der Waals surface area contributed by atoms with E-state index in [4.69, 9.17) is 5.11 Å². The van der Waals surface area contributed by atoms with Crippen molar-refractivity contribution < 1.29 is 23.5 Å². The summed E-state index contributed by atoms with van der Waals surface area (Å²) in [6.07, 6.45) is 1.65. The Bertz CT molecular complexity index is 392. The van der Waals surface area contributed by atoms with Crippen LogP contribution in [0.25, 0.3) is 0 Å². The van der Waals surface area contributed by atoms with E-state index in [1.165, 1.54) is 0 Å². The molecule has 1 rings (SSSR count). The van der Waals surface area contributed by atoms with Gasteiger partial charge in [0.2, 0.25) is 0 Å². The molecule has 0 spiro atoms. The third-order valence-electron chi connectivity index (χ3n) is 1.69. The van der Waals surface area contributed by atoms with Crippen molar-refractivity contribution in [1.82, 2.24) is 15.1 Å². The minimum absolute atomic E-state index is 0.0364. The fraction of sp³-hybridized carbons (Fsp3) is 0.375. The number of aliphatic carboxylic acids is 1. The maximum Gasteiger partial charge on any atom is 0.333 e. The highest BCUT2D eigenvalue weighted by Gasteiger charge is 2.12. The molecule has 2 N–H and O–H groups in total. The highest BCUT2D eigenvalue weighted by molar-refractivity contribution is 5.93. The lowest BCUT2D eigenvalue weighted by Gasteiger charge is -2.00. The molecule has 16 heavy (non-hydrogen) atoms. The second-order valence-electron chi connectivity index (χ2n) is 2.89. The number of hydrogen-bond acceptors (Lipinski definition) is 3. The summed E-state index contributed by atoms with van der Waals surface area (Å²) >= 11 is 0. The molecule has 0 aromatic carbocycles. The topological polar surface area (TPSA) is 84.2 Å². The third-order valence-corrected chi connectivity index (χ3v) is 1.69. The number of halogens is 2. The second kappa shape index (κ2) is 5.19. The van der Waals surface area contributed by atoms with E-state index in [0.29, 0.717) is 4.68 Å². The number of amides is 1. The van der Waals surface area contributed by atoms with Crippen LogP contribution in [0.2, 0.25) is 0 Å². The number of alkyl halides is 2. The van der Waals surface area contributed by atoms with Gasteiger partial charge in [-0.2, -0.15) is 13.9 Å². The number of carboxylic acid groups (broad SMARTS) is 1. The first-order chi connectivity index (χ1) is 7.50. The molecule has 88 valence electrons. The largest absolute Gasteiger partial charge is 0.481 e. The molecular formula is C8H9F2N3O3. The maximum atomic E-state index is 12.1. The van der Waals surface area contributed by atoms with Crippen molar-refractivity contribution in [1.29, 1.82) is 0 Å². The molecular weight excluding hydrogens is 224 g/mol. The van der Waals surface area contributed by atoms with Crippen LogP contribution in [0, 0.1) is 0 Å². The van der Waals surface area contributed by atoms with Crippen LogP contribution in [0.1, 0.15) is 23.3 Å². The first-order valence-corrected chi connectivity index (χ1v) is 4.33. The fourth-order valence-electron chi connectivity index (χ4n) is 0.947. The van der Waals surface area contributed by atoms with Gasteiger partial charge in [0.1, 0.15) is 0 Å². The summed E-state index contributed by atoms with van der Waals surface area (Å²) in [6.45, 7) is -2.87. The zero-order valence-corrected chi connectivity index (χ0v) is 8.06. The molecule has 0 saturated carbocycles. The predicted molar refractivity (Wildman–Crippen MR) is 48.1 cm³/mol. The number of carbonyl (C=O) groups excluding carboxylic acids is 1. The average Bonchev–Trinajstić information content (AvgIpc) is 2.65. The lowest BCUT2D eigenvalue weighted by atomic mass is 10.3. The molecule has 0 aliphatic rings. The normalized spacial score (nSPS) is 10.4. The molecule has 1 aromatic heterocycles. The Morgan fingerprint density at radius 3 is 2.75 bits per heavy atom. The smallest absolute Gasteiger partial charge is 0.333 e. The zero-order chi connectivity index (χ0) is 12.1. The number of carboxylic acids is 1. The van der Waals surface area contributed by atoms with Crippen LogP contribution < -0.4 is 5.32 Å². The molecule has 0 aliphatic heterocycles. The molecule has 8 heteroatoms. The van der Waals surface area contributed by atoms with Gasteiger partial charge in [0.15, 0.2) is 0 Å². The second-order valence-corrected chi connectivity index (χ2v) is 2.89. The lowest BCUT2D eigenvalue weighted by Crippen LogP contribution is -2.25. The molecule has 1 amide bonds. The highest BCUT2D eigenvalue weighted by Crippen LogP contribution is 2.09. The first kappa shape index (κ1) is 12.1. The quantitative estimate of drug-likeness (QED) is 0.774. The lowest BCUT2D eigenvalue weighted by molar-refractivity contribution is -0.136. The van der Waals surface area contributed by atoms with Crippen molar-refractivity contribution in [2.24, 2.45) is 0 Å². The zero-order valence-electron chi connectivity index (χ0n) is 8.06. The van der Waals surface area contributed by atoms with E-state index in [2.05, 4.69) is 10.4 Å². The molecule has 1 heterocycles. The van der Waals surface area contributed by atoms with E-state index in [-0.39, 0.29) is 18.5 Å². The predicted octanol–water partition coefficient (Wildman–Crippen LogP) is 0.483. The summed E-state index contributed by atoms with van der Waals surface area (Å²) in [6, 6.07) is 0. The van der Waals surface area contributed by atoms with Crippen LogP contribution in [0.4, 0.5) is 8.78 Å². The molecule has 0 unspecified atom stereocenters. The molecule has 1 aromatic rings. The van der Waals surface area contributed by atoms with E-state index in [1.54, 1.807) is 0 Å². The van der Waals surface area contributed by atoms with Crippen molar-refractivity contribution in [3.63, 3.8) is 0 Å². The summed E-state index contributed by atoms with van der Waals surface area (Å²) in [7, 11) is 0. The van der Waals surface area contributed by atoms with Gasteiger partial charge < -0.3 is 10.4 Å². The van der Waals surface area contributed by atoms with Crippen molar-refractivity contribution in [3.05, 3.63) is 18.0 Å². The molecule has 6 nitrogen and oxygen atoms in total. The summed E-state index contributed by atoms with van der Waals surface area (Å²) in [4.78, 5) is 21.4. The summed E-state index contributed by atoms with van der Waals surface area (Å²) in [5, 5.41) is 13.8. The van der Waals surface area contributed by atoms with Gasteiger partial charge in [-0.15, -0.1) is 0 Å². The van der Waals surface area contributed by atoms with Crippen molar-refractivity contribution in [2.75, 3.05) is 6.54 Å². The number of carbonyl (C=O) groups is 2. The van der Waals surface area contributed by atoms with Gasteiger partial charge in [0, 0.05) is 12.7 Å². The molecule has 0 aliphatic carbocycles. The fourth-order valence-corrected chi connectivity index (χ4v) is 0.947. The third kappa shape index (κ3) is 3.30. The van der Waals surface area contributed by atoms with Gasteiger partial charge in [0.25, 0.3) is 5.91 Å². The van der Waals surface area contributed by atoms with Crippen LogP contribution in [0.3, 0.4) is 0 Å². The Morgan fingerprint density at radius 1 is 1.56 bits per heavy atom. The number of rotatable bonds is 5. The van der Waals surface area contributed by atoms with E-state index in [0.717, 1.165) is 12.4 Å². The SMILES string of the molecule is O=C(O)CCNC(=O)c1cnn(C(F)F)c1. The Kier molecular flexibility index (Phi) is 3.92. The average molecular weight is 233 g/mol. The van der Waals surface area contributed by atoms with Crippen molar-refractivity contribution in [3.8, 4) is 0 Å². The molecule has 0 atom stereocenters. The Morgan fingerprint density at radius 2 is 2.25 bits per heavy atom. The summed E-state index contributed by atoms with van der Waals surface area (Å²) < 4.78 is 24.5. The Hall–Kier alpha value is -1.99.